The first-order chi connectivity index (χ1) is 10.2. The Kier molecular flexibility index (Phi) is 4.44. The summed E-state index contributed by atoms with van der Waals surface area (Å²) in [6, 6.07) is 9.16. The van der Waals surface area contributed by atoms with E-state index in [1.54, 1.807) is 0 Å². The summed E-state index contributed by atoms with van der Waals surface area (Å²) in [5.41, 5.74) is 2.46. The second kappa shape index (κ2) is 6.48. The maximum Gasteiger partial charge on any atom is 0.239 e. The lowest BCUT2D eigenvalue weighted by molar-refractivity contribution is -0.120. The van der Waals surface area contributed by atoms with Gasteiger partial charge in [-0.2, -0.15) is 0 Å². The molecule has 1 aliphatic heterocycles. The van der Waals surface area contributed by atoms with Crippen molar-refractivity contribution < 1.29 is 4.79 Å². The Labute approximate surface area is 126 Å². The van der Waals surface area contributed by atoms with E-state index in [0.717, 1.165) is 25.9 Å². The minimum atomic E-state index is 0.158. The number of fused-ring (bicyclic) bond motifs is 1. The fraction of sp³-hybridized carbons (Fsp3) is 0.588. The molecule has 1 aromatic carbocycles. The second-order valence-corrected chi connectivity index (χ2v) is 6.34. The minimum Gasteiger partial charge on any atom is -0.360 e. The highest BCUT2D eigenvalue weighted by Crippen LogP contribution is 2.23. The standard InChI is InChI=1S/C17H25N3O/c1-13-11-20(12-17(21)19-15-7-3-4-8-15)16-9-5-2-6-14(16)10-18-13/h2,5-6,9,13,15,18H,3-4,7-8,10-12H2,1H3,(H,19,21). The normalized spacial score (nSPS) is 22.7. The van der Waals surface area contributed by atoms with Crippen molar-refractivity contribution in [2.24, 2.45) is 0 Å². The predicted octanol–water partition coefficient (Wildman–Crippen LogP) is 2.04. The van der Waals surface area contributed by atoms with E-state index in [0.29, 0.717) is 18.6 Å². The van der Waals surface area contributed by atoms with Crippen molar-refractivity contribution in [3.63, 3.8) is 0 Å². The summed E-state index contributed by atoms with van der Waals surface area (Å²) >= 11 is 0. The smallest absolute Gasteiger partial charge is 0.239 e. The van der Waals surface area contributed by atoms with Gasteiger partial charge in [0.1, 0.15) is 0 Å². The summed E-state index contributed by atoms with van der Waals surface area (Å²) in [5, 5.41) is 6.69. The van der Waals surface area contributed by atoms with E-state index in [1.165, 1.54) is 24.1 Å². The van der Waals surface area contributed by atoms with Gasteiger partial charge < -0.3 is 15.5 Å². The number of amides is 1. The highest BCUT2D eigenvalue weighted by Gasteiger charge is 2.22. The summed E-state index contributed by atoms with van der Waals surface area (Å²) < 4.78 is 0. The zero-order valence-corrected chi connectivity index (χ0v) is 12.8. The largest absolute Gasteiger partial charge is 0.360 e. The Morgan fingerprint density at radius 1 is 1.33 bits per heavy atom. The number of carbonyl (C=O) groups is 1. The first-order valence-corrected chi connectivity index (χ1v) is 8.08. The number of anilines is 1. The van der Waals surface area contributed by atoms with Crippen LogP contribution < -0.4 is 15.5 Å². The van der Waals surface area contributed by atoms with Crippen LogP contribution in [-0.2, 0) is 11.3 Å². The molecule has 3 rings (SSSR count). The highest BCUT2D eigenvalue weighted by atomic mass is 16.2. The molecule has 1 fully saturated rings. The van der Waals surface area contributed by atoms with Crippen LogP contribution in [0.1, 0.15) is 38.2 Å². The highest BCUT2D eigenvalue weighted by molar-refractivity contribution is 5.82. The van der Waals surface area contributed by atoms with Gasteiger partial charge in [-0.3, -0.25) is 4.79 Å². The van der Waals surface area contributed by atoms with Gasteiger partial charge >= 0.3 is 0 Å². The molecule has 114 valence electrons. The van der Waals surface area contributed by atoms with E-state index >= 15 is 0 Å². The molecule has 1 atom stereocenters. The Morgan fingerprint density at radius 3 is 2.90 bits per heavy atom. The Hall–Kier alpha value is -1.55. The van der Waals surface area contributed by atoms with Gasteiger partial charge in [0.05, 0.1) is 6.54 Å². The molecule has 2 aliphatic rings. The summed E-state index contributed by atoms with van der Waals surface area (Å²) in [6.07, 6.45) is 4.78. The molecular weight excluding hydrogens is 262 g/mol. The molecule has 0 spiro atoms. The van der Waals surface area contributed by atoms with Crippen LogP contribution in [-0.4, -0.2) is 31.1 Å². The quantitative estimate of drug-likeness (QED) is 0.894. The van der Waals surface area contributed by atoms with Crippen molar-refractivity contribution in [1.29, 1.82) is 0 Å². The Morgan fingerprint density at radius 2 is 2.10 bits per heavy atom. The molecule has 2 N–H and O–H groups in total. The van der Waals surface area contributed by atoms with Crippen molar-refractivity contribution in [3.8, 4) is 0 Å². The molecule has 4 nitrogen and oxygen atoms in total. The number of para-hydroxylation sites is 1. The maximum absolute atomic E-state index is 12.3. The van der Waals surface area contributed by atoms with Crippen LogP contribution in [0.5, 0.6) is 0 Å². The second-order valence-electron chi connectivity index (χ2n) is 6.34. The van der Waals surface area contributed by atoms with E-state index < -0.39 is 0 Å². The van der Waals surface area contributed by atoms with Gasteiger partial charge in [-0.05, 0) is 31.4 Å². The lowest BCUT2D eigenvalue weighted by Crippen LogP contribution is -2.44. The van der Waals surface area contributed by atoms with Gasteiger partial charge in [0, 0.05) is 30.9 Å². The van der Waals surface area contributed by atoms with Crippen LogP contribution >= 0.6 is 0 Å². The molecule has 1 heterocycles. The first-order valence-electron chi connectivity index (χ1n) is 8.08. The van der Waals surface area contributed by atoms with Crippen molar-refractivity contribution in [1.82, 2.24) is 10.6 Å². The van der Waals surface area contributed by atoms with Crippen LogP contribution in [0.15, 0.2) is 24.3 Å². The van der Waals surface area contributed by atoms with E-state index in [-0.39, 0.29) is 5.91 Å². The lowest BCUT2D eigenvalue weighted by atomic mass is 10.1. The topological polar surface area (TPSA) is 44.4 Å². The van der Waals surface area contributed by atoms with Crippen LogP contribution in [0.25, 0.3) is 0 Å². The molecule has 1 aromatic rings. The van der Waals surface area contributed by atoms with Crippen LogP contribution in [0.4, 0.5) is 5.69 Å². The molecule has 0 bridgehead atoms. The van der Waals surface area contributed by atoms with E-state index in [4.69, 9.17) is 0 Å². The van der Waals surface area contributed by atoms with Gasteiger partial charge in [0.2, 0.25) is 5.91 Å². The first kappa shape index (κ1) is 14.4. The number of rotatable bonds is 3. The molecule has 21 heavy (non-hydrogen) atoms. The van der Waals surface area contributed by atoms with Crippen molar-refractivity contribution in [3.05, 3.63) is 29.8 Å². The van der Waals surface area contributed by atoms with Crippen LogP contribution in [0.3, 0.4) is 0 Å². The number of carbonyl (C=O) groups excluding carboxylic acids is 1. The molecular formula is C17H25N3O. The third kappa shape index (κ3) is 3.56. The average molecular weight is 287 g/mol. The summed E-state index contributed by atoms with van der Waals surface area (Å²) in [7, 11) is 0. The SMILES string of the molecule is CC1CN(CC(=O)NC2CCCC2)c2ccccc2CN1. The summed E-state index contributed by atoms with van der Waals surface area (Å²) in [5.74, 6) is 0.158. The number of hydrogen-bond acceptors (Lipinski definition) is 3. The Bertz CT molecular complexity index is 497. The number of nitrogens with zero attached hydrogens (tertiary/aromatic N) is 1. The van der Waals surface area contributed by atoms with Crippen molar-refractivity contribution >= 4 is 11.6 Å². The number of nitrogens with one attached hydrogen (secondary N) is 2. The summed E-state index contributed by atoms with van der Waals surface area (Å²) in [4.78, 5) is 14.5. The fourth-order valence-corrected chi connectivity index (χ4v) is 3.41. The van der Waals surface area contributed by atoms with Crippen LogP contribution in [0, 0.1) is 0 Å². The van der Waals surface area contributed by atoms with Crippen LogP contribution in [0.2, 0.25) is 0 Å². The molecule has 0 saturated heterocycles. The van der Waals surface area contributed by atoms with E-state index in [9.17, 15) is 4.79 Å². The van der Waals surface area contributed by atoms with Gasteiger partial charge in [0.15, 0.2) is 0 Å². The zero-order chi connectivity index (χ0) is 14.7. The van der Waals surface area contributed by atoms with Crippen molar-refractivity contribution in [2.45, 2.75) is 51.2 Å². The number of benzene rings is 1. The number of hydrogen-bond donors (Lipinski definition) is 2. The van der Waals surface area contributed by atoms with E-state index in [1.807, 2.05) is 0 Å². The minimum absolute atomic E-state index is 0.158. The maximum atomic E-state index is 12.3. The monoisotopic (exact) mass is 287 g/mol. The summed E-state index contributed by atoms with van der Waals surface area (Å²) in [6.45, 7) is 4.38. The molecule has 1 saturated carbocycles. The van der Waals surface area contributed by atoms with Gasteiger partial charge in [-0.1, -0.05) is 31.0 Å². The molecule has 4 heteroatoms. The predicted molar refractivity (Wildman–Crippen MR) is 85.4 cm³/mol. The molecule has 1 amide bonds. The van der Waals surface area contributed by atoms with E-state index in [2.05, 4.69) is 46.7 Å². The van der Waals surface area contributed by atoms with Gasteiger partial charge in [-0.15, -0.1) is 0 Å². The molecule has 1 unspecified atom stereocenters. The lowest BCUT2D eigenvalue weighted by Gasteiger charge is -2.26. The third-order valence-electron chi connectivity index (χ3n) is 4.52. The van der Waals surface area contributed by atoms with Gasteiger partial charge in [-0.25, -0.2) is 0 Å². The molecule has 0 aromatic heterocycles. The molecule has 0 radical (unpaired) electrons. The van der Waals surface area contributed by atoms with Crippen molar-refractivity contribution in [2.75, 3.05) is 18.0 Å². The Balaban J connectivity index is 1.69. The average Bonchev–Trinajstić information content (AvgIpc) is 2.92. The molecule has 1 aliphatic carbocycles. The zero-order valence-electron chi connectivity index (χ0n) is 12.8. The third-order valence-corrected chi connectivity index (χ3v) is 4.52. The van der Waals surface area contributed by atoms with Gasteiger partial charge in [0.25, 0.3) is 0 Å². The fourth-order valence-electron chi connectivity index (χ4n) is 3.41.